The van der Waals surface area contributed by atoms with Gasteiger partial charge in [-0.05, 0) is 30.3 Å². The topological polar surface area (TPSA) is 104 Å². The first-order valence-electron chi connectivity index (χ1n) is 9.63. The minimum Gasteiger partial charge on any atom is -0.497 e. The summed E-state index contributed by atoms with van der Waals surface area (Å²) in [7, 11) is 1.59. The molecule has 0 saturated heterocycles. The van der Waals surface area contributed by atoms with Crippen molar-refractivity contribution in [3.8, 4) is 16.9 Å². The van der Waals surface area contributed by atoms with Crippen LogP contribution in [0.4, 0.5) is 11.6 Å². The molecule has 0 spiro atoms. The number of nitrogens with two attached hydrogens (primary N) is 1. The van der Waals surface area contributed by atoms with Crippen LogP contribution in [0.3, 0.4) is 0 Å². The van der Waals surface area contributed by atoms with Crippen molar-refractivity contribution in [2.75, 3.05) is 25.6 Å². The highest BCUT2D eigenvalue weighted by molar-refractivity contribution is 6.39. The summed E-state index contributed by atoms with van der Waals surface area (Å²) in [4.78, 5) is 27.8. The van der Waals surface area contributed by atoms with E-state index in [-0.39, 0.29) is 30.3 Å². The van der Waals surface area contributed by atoms with Gasteiger partial charge in [0.2, 0.25) is 5.95 Å². The van der Waals surface area contributed by atoms with Crippen LogP contribution in [-0.4, -0.2) is 35.0 Å². The Kier molecular flexibility index (Phi) is 6.45. The van der Waals surface area contributed by atoms with E-state index >= 15 is 0 Å². The number of aromatic nitrogens is 3. The van der Waals surface area contributed by atoms with E-state index in [1.165, 1.54) is 0 Å². The van der Waals surface area contributed by atoms with E-state index in [4.69, 9.17) is 38.5 Å². The molecule has 32 heavy (non-hydrogen) atoms. The number of methoxy groups -OCH3 is 1. The number of nitrogens with zero attached hydrogens (tertiary/aromatic N) is 3. The lowest BCUT2D eigenvalue weighted by atomic mass is 10.1. The van der Waals surface area contributed by atoms with Crippen molar-refractivity contribution < 1.29 is 9.57 Å². The van der Waals surface area contributed by atoms with Gasteiger partial charge >= 0.3 is 0 Å². The molecule has 0 aliphatic carbocycles. The largest absolute Gasteiger partial charge is 0.497 e. The summed E-state index contributed by atoms with van der Waals surface area (Å²) >= 11 is 12.7. The fourth-order valence-electron chi connectivity index (χ4n) is 3.16. The third-order valence-electron chi connectivity index (χ3n) is 4.60. The molecule has 0 unspecified atom stereocenters. The van der Waals surface area contributed by atoms with Crippen LogP contribution in [0, 0.1) is 0 Å². The summed E-state index contributed by atoms with van der Waals surface area (Å²) in [5, 5.41) is 4.35. The average Bonchev–Trinajstić information content (AvgIpc) is 2.79. The molecule has 0 aliphatic heterocycles. The van der Waals surface area contributed by atoms with Crippen molar-refractivity contribution in [2.45, 2.75) is 0 Å². The average molecular weight is 472 g/mol. The summed E-state index contributed by atoms with van der Waals surface area (Å²) < 4.78 is 6.33. The molecule has 0 saturated carbocycles. The second-order valence-electron chi connectivity index (χ2n) is 6.71. The Hall–Kier alpha value is -3.33. The van der Waals surface area contributed by atoms with Gasteiger partial charge in [0.15, 0.2) is 5.65 Å². The van der Waals surface area contributed by atoms with Gasteiger partial charge in [-0.15, -0.1) is 4.73 Å². The molecule has 0 amide bonds. The van der Waals surface area contributed by atoms with Gasteiger partial charge in [-0.2, -0.15) is 4.98 Å². The van der Waals surface area contributed by atoms with E-state index < -0.39 is 5.56 Å². The Morgan fingerprint density at radius 2 is 1.88 bits per heavy atom. The van der Waals surface area contributed by atoms with Gasteiger partial charge in [-0.25, -0.2) is 4.98 Å². The smallest absolute Gasteiger partial charge is 0.293 e. The van der Waals surface area contributed by atoms with Crippen LogP contribution in [0.25, 0.3) is 22.2 Å². The fourth-order valence-corrected chi connectivity index (χ4v) is 3.76. The van der Waals surface area contributed by atoms with Gasteiger partial charge in [-0.3, -0.25) is 4.79 Å². The number of ether oxygens (including phenoxy) is 1. The molecule has 8 nitrogen and oxygen atoms in total. The quantitative estimate of drug-likeness (QED) is 0.420. The lowest BCUT2D eigenvalue weighted by Crippen LogP contribution is -2.32. The zero-order chi connectivity index (χ0) is 22.7. The van der Waals surface area contributed by atoms with Gasteiger partial charge < -0.3 is 20.6 Å². The molecule has 2 heterocycles. The van der Waals surface area contributed by atoms with Gasteiger partial charge in [0.25, 0.3) is 5.56 Å². The first-order chi connectivity index (χ1) is 15.5. The Morgan fingerprint density at radius 1 is 1.12 bits per heavy atom. The molecule has 10 heteroatoms. The summed E-state index contributed by atoms with van der Waals surface area (Å²) in [5.41, 5.74) is 6.79. The van der Waals surface area contributed by atoms with Crippen molar-refractivity contribution in [3.63, 3.8) is 0 Å². The van der Waals surface area contributed by atoms with Crippen molar-refractivity contribution in [3.05, 3.63) is 75.1 Å². The number of anilines is 2. The highest BCUT2D eigenvalue weighted by atomic mass is 35.5. The maximum absolute atomic E-state index is 13.3. The Labute approximate surface area is 193 Å². The van der Waals surface area contributed by atoms with Crippen LogP contribution in [0.15, 0.2) is 59.5 Å². The van der Waals surface area contributed by atoms with Crippen molar-refractivity contribution in [1.82, 2.24) is 14.7 Å². The van der Waals surface area contributed by atoms with E-state index in [0.29, 0.717) is 26.7 Å². The normalized spacial score (nSPS) is 10.9. The fraction of sp³-hybridized carbons (Fsp3) is 0.136. The number of hydrogen-bond donors (Lipinski definition) is 2. The highest BCUT2D eigenvalue weighted by Crippen LogP contribution is 2.33. The van der Waals surface area contributed by atoms with E-state index in [1.54, 1.807) is 43.6 Å². The summed E-state index contributed by atoms with van der Waals surface area (Å²) in [6.07, 6.45) is 1.58. The maximum Gasteiger partial charge on any atom is 0.293 e. The van der Waals surface area contributed by atoms with Crippen molar-refractivity contribution in [1.29, 1.82) is 0 Å². The van der Waals surface area contributed by atoms with E-state index in [1.807, 2.05) is 18.2 Å². The second kappa shape index (κ2) is 9.44. The van der Waals surface area contributed by atoms with Crippen molar-refractivity contribution in [2.24, 2.45) is 5.73 Å². The number of nitrogens with one attached hydrogen (secondary N) is 1. The minimum absolute atomic E-state index is 0.108. The number of halogens is 2. The molecule has 164 valence electrons. The van der Waals surface area contributed by atoms with Crippen LogP contribution in [-0.2, 0) is 0 Å². The van der Waals surface area contributed by atoms with Crippen LogP contribution >= 0.6 is 23.2 Å². The van der Waals surface area contributed by atoms with Gasteiger partial charge in [-0.1, -0.05) is 35.3 Å². The molecule has 0 atom stereocenters. The molecule has 0 radical (unpaired) electrons. The summed E-state index contributed by atoms with van der Waals surface area (Å²) in [5.74, 6) is 0.957. The number of fused-ring (bicyclic) bond motifs is 1. The van der Waals surface area contributed by atoms with Crippen LogP contribution < -0.4 is 26.2 Å². The summed E-state index contributed by atoms with van der Waals surface area (Å²) in [6.45, 7) is 0.322. The van der Waals surface area contributed by atoms with Crippen LogP contribution in [0.5, 0.6) is 5.75 Å². The SMILES string of the molecule is COc1cccc(Nc2ncc3cc(-c4c(Cl)cccc4Cl)c(=O)n(OCCN)c3n2)c1. The predicted octanol–water partition coefficient (Wildman–Crippen LogP) is 3.90. The highest BCUT2D eigenvalue weighted by Gasteiger charge is 2.18. The molecule has 4 aromatic rings. The Morgan fingerprint density at radius 3 is 2.59 bits per heavy atom. The van der Waals surface area contributed by atoms with Gasteiger partial charge in [0, 0.05) is 35.4 Å². The maximum atomic E-state index is 13.3. The number of pyridine rings is 1. The van der Waals surface area contributed by atoms with E-state index in [9.17, 15) is 4.79 Å². The van der Waals surface area contributed by atoms with E-state index in [0.717, 1.165) is 10.4 Å². The van der Waals surface area contributed by atoms with Crippen LogP contribution in [0.2, 0.25) is 10.0 Å². The first-order valence-corrected chi connectivity index (χ1v) is 10.4. The Balaban J connectivity index is 1.86. The van der Waals surface area contributed by atoms with Crippen molar-refractivity contribution >= 4 is 45.9 Å². The molecule has 0 fully saturated rings. The second-order valence-corrected chi connectivity index (χ2v) is 7.52. The number of rotatable bonds is 7. The molecule has 0 aliphatic rings. The monoisotopic (exact) mass is 471 g/mol. The van der Waals surface area contributed by atoms with Gasteiger partial charge in [0.05, 0.1) is 22.7 Å². The number of benzene rings is 2. The molecule has 4 rings (SSSR count). The molecular weight excluding hydrogens is 453 g/mol. The zero-order valence-corrected chi connectivity index (χ0v) is 18.5. The van der Waals surface area contributed by atoms with Gasteiger partial charge in [0.1, 0.15) is 12.4 Å². The molecule has 3 N–H and O–H groups in total. The lowest BCUT2D eigenvalue weighted by Gasteiger charge is -2.15. The third-order valence-corrected chi connectivity index (χ3v) is 5.23. The zero-order valence-electron chi connectivity index (χ0n) is 17.0. The first kappa shape index (κ1) is 21.9. The lowest BCUT2D eigenvalue weighted by molar-refractivity contribution is 0.117. The molecule has 2 aromatic carbocycles. The minimum atomic E-state index is -0.466. The Bertz CT molecular complexity index is 1320. The standard InChI is InChI=1S/C22H19Cl2N5O3/c1-31-15-5-2-4-14(11-15)27-22-26-12-13-10-16(19-17(23)6-3-7-18(19)24)21(30)29(20(13)28-22)32-9-8-25/h2-7,10-12H,8-9,25H2,1H3,(H,26,27,28). The predicted molar refractivity (Wildman–Crippen MR) is 126 cm³/mol. The molecule has 2 aromatic heterocycles. The number of hydrogen-bond acceptors (Lipinski definition) is 7. The molecule has 0 bridgehead atoms. The van der Waals surface area contributed by atoms with E-state index in [2.05, 4.69) is 15.3 Å². The third kappa shape index (κ3) is 4.34. The van der Waals surface area contributed by atoms with Crippen LogP contribution in [0.1, 0.15) is 0 Å². The summed E-state index contributed by atoms with van der Waals surface area (Å²) in [6, 6.07) is 14.0. The molecular formula is C22H19Cl2N5O3.